The quantitative estimate of drug-likeness (QED) is 0.150. The summed E-state index contributed by atoms with van der Waals surface area (Å²) in [5, 5.41) is 10.7. The van der Waals surface area contributed by atoms with Crippen molar-refractivity contribution in [3.8, 4) is 5.75 Å². The second-order valence-electron chi connectivity index (χ2n) is 10.6. The van der Waals surface area contributed by atoms with Crippen molar-refractivity contribution in [3.05, 3.63) is 91.5 Å². The fraction of sp³-hybridized carbons (Fsp3) is 0.387. The maximum atomic E-state index is 10.7. The van der Waals surface area contributed by atoms with Gasteiger partial charge < -0.3 is 9.80 Å². The average molecular weight is 674 g/mol. The van der Waals surface area contributed by atoms with Gasteiger partial charge in [0, 0.05) is 24.5 Å². The molecule has 3 aromatic carbocycles. The summed E-state index contributed by atoms with van der Waals surface area (Å²) in [7, 11) is 11.6. The molecule has 0 unspecified atom stereocenters. The molecule has 0 N–H and O–H groups in total. The van der Waals surface area contributed by atoms with Crippen LogP contribution in [0.1, 0.15) is 52.8 Å². The molecule has 40 heavy (non-hydrogen) atoms. The summed E-state index contributed by atoms with van der Waals surface area (Å²) < 4.78 is 7.21. The largest absolute Gasteiger partial charge is 0.352 e. The Bertz CT molecular complexity index is 1310. The van der Waals surface area contributed by atoms with Gasteiger partial charge in [-0.05, 0) is 63.8 Å². The minimum atomic E-state index is -1.98. The van der Waals surface area contributed by atoms with E-state index >= 15 is 0 Å². The maximum Gasteiger partial charge on any atom is 0.0904 e. The summed E-state index contributed by atoms with van der Waals surface area (Å²) in [4.78, 5) is 15.3. The van der Waals surface area contributed by atoms with Gasteiger partial charge in [0.25, 0.3) is 0 Å². The molecule has 1 aliphatic heterocycles. The Labute approximate surface area is 251 Å². The molecule has 0 saturated carbocycles. The number of nitrogens with zero attached hydrogens (tertiary/aromatic N) is 3. The predicted molar refractivity (Wildman–Crippen MR) is 167 cm³/mol. The molecule has 0 atom stereocenters. The predicted octanol–water partition coefficient (Wildman–Crippen LogP) is 8.28. The van der Waals surface area contributed by atoms with E-state index in [4.69, 9.17) is 24.1 Å². The van der Waals surface area contributed by atoms with Crippen molar-refractivity contribution in [3.63, 3.8) is 0 Å². The fourth-order valence-corrected chi connectivity index (χ4v) is 7.26. The van der Waals surface area contributed by atoms with Crippen molar-refractivity contribution in [1.29, 1.82) is 0 Å². The third-order valence-corrected chi connectivity index (χ3v) is 8.47. The summed E-state index contributed by atoms with van der Waals surface area (Å²) in [5.74, 6) is 0.439. The zero-order chi connectivity index (χ0) is 29.7. The summed E-state index contributed by atoms with van der Waals surface area (Å²) >= 11 is -1.98. The van der Waals surface area contributed by atoms with Crippen molar-refractivity contribution in [2.75, 3.05) is 29.6 Å². The Balaban J connectivity index is 0.000000232. The smallest absolute Gasteiger partial charge is 0.0904 e. The van der Waals surface area contributed by atoms with Gasteiger partial charge in [0.05, 0.1) is 6.67 Å². The Hall–Kier alpha value is -2.47. The Morgan fingerprint density at radius 2 is 1.30 bits per heavy atom. The van der Waals surface area contributed by atoms with Crippen LogP contribution in [-0.4, -0.2) is 35.4 Å². The first-order valence-corrected chi connectivity index (χ1v) is 18.7. The van der Waals surface area contributed by atoms with Crippen LogP contribution < -0.4 is 14.5 Å². The number of halogens is 2. The molecule has 1 fully saturated rings. The number of nitro groups is 1. The van der Waals surface area contributed by atoms with Gasteiger partial charge in [-0.3, -0.25) is 0 Å². The second kappa shape index (κ2) is 13.9. The van der Waals surface area contributed by atoms with Gasteiger partial charge in [-0.1, -0.05) is 35.4 Å². The van der Waals surface area contributed by atoms with Gasteiger partial charge in [0.1, 0.15) is 0 Å². The summed E-state index contributed by atoms with van der Waals surface area (Å²) in [5.41, 5.74) is 11.8. The van der Waals surface area contributed by atoms with Crippen LogP contribution in [0, 0.1) is 51.7 Å². The molecule has 0 aliphatic carbocycles. The molecule has 1 saturated heterocycles. The number of nitro benzene ring substituents is 1. The van der Waals surface area contributed by atoms with E-state index in [0.29, 0.717) is 11.3 Å². The SMILES string of the molecule is CC(C)Oc1cc([N+](=O)[O-])ccc1[CH]=[Ru]([Cl])[Cl].Cc1cc(C)c(N2CCN(c3c(C)cc(C)cc3C)C2)c(C)c1. The first-order chi connectivity index (χ1) is 18.8. The zero-order valence-corrected chi connectivity index (χ0v) is 27.7. The van der Waals surface area contributed by atoms with Crippen LogP contribution in [0.15, 0.2) is 42.5 Å². The standard InChI is InChI=1S/C21H28N2.C10H11NO3.2ClH.Ru/c1-14-9-16(3)20(17(4)10-14)22-7-8-23(13-22)21-18(5)11-15(2)12-19(21)6;1-7(2)14-10-6-9(11(12)13)5-4-8(10)3;;;/h9-12H,7-8,13H2,1-6H3;3-7H,1-2H3;2*1H;/q;;;;+2/p-2. The van der Waals surface area contributed by atoms with Gasteiger partial charge in [0.15, 0.2) is 0 Å². The van der Waals surface area contributed by atoms with E-state index in [2.05, 4.69) is 75.6 Å². The molecule has 6 nitrogen and oxygen atoms in total. The van der Waals surface area contributed by atoms with Crippen molar-refractivity contribution < 1.29 is 23.2 Å². The maximum absolute atomic E-state index is 10.7. The van der Waals surface area contributed by atoms with Crippen LogP contribution in [0.5, 0.6) is 5.75 Å². The van der Waals surface area contributed by atoms with E-state index in [0.717, 1.165) is 19.8 Å². The number of ether oxygens (including phenoxy) is 1. The third-order valence-electron chi connectivity index (χ3n) is 6.64. The van der Waals surface area contributed by atoms with E-state index in [1.807, 2.05) is 13.8 Å². The molecular weight excluding hydrogens is 634 g/mol. The average Bonchev–Trinajstić information content (AvgIpc) is 3.27. The van der Waals surface area contributed by atoms with Crippen LogP contribution in [0.3, 0.4) is 0 Å². The molecule has 0 radical (unpaired) electrons. The van der Waals surface area contributed by atoms with Crippen molar-refractivity contribution in [2.24, 2.45) is 0 Å². The zero-order valence-electron chi connectivity index (χ0n) is 24.5. The van der Waals surface area contributed by atoms with Crippen LogP contribution in [0.4, 0.5) is 17.1 Å². The number of anilines is 2. The molecule has 9 heteroatoms. The Morgan fingerprint density at radius 3 is 1.68 bits per heavy atom. The topological polar surface area (TPSA) is 58.9 Å². The van der Waals surface area contributed by atoms with Gasteiger partial charge >= 0.3 is 112 Å². The fourth-order valence-electron chi connectivity index (χ4n) is 5.46. The summed E-state index contributed by atoms with van der Waals surface area (Å²) in [6, 6.07) is 13.6. The van der Waals surface area contributed by atoms with Crippen LogP contribution in [0.25, 0.3) is 0 Å². The molecule has 218 valence electrons. The molecule has 0 aromatic heterocycles. The van der Waals surface area contributed by atoms with Crippen molar-refractivity contribution >= 4 is 41.1 Å². The number of hydrogen-bond donors (Lipinski definition) is 0. The number of benzene rings is 3. The van der Waals surface area contributed by atoms with Gasteiger partial charge in [-0.2, -0.15) is 0 Å². The molecule has 1 aliphatic rings. The number of rotatable bonds is 6. The minimum absolute atomic E-state index is 0.0132. The Morgan fingerprint density at radius 1 is 0.850 bits per heavy atom. The number of non-ortho nitro benzene ring substituents is 1. The van der Waals surface area contributed by atoms with Gasteiger partial charge in [-0.25, -0.2) is 0 Å². The summed E-state index contributed by atoms with van der Waals surface area (Å²) in [6.45, 7) is 20.2. The molecule has 0 bridgehead atoms. The van der Waals surface area contributed by atoms with Crippen LogP contribution >= 0.6 is 19.4 Å². The first kappa shape index (κ1) is 32.1. The van der Waals surface area contributed by atoms with E-state index in [-0.39, 0.29) is 11.8 Å². The molecule has 4 rings (SSSR count). The van der Waals surface area contributed by atoms with E-state index in [1.165, 1.54) is 56.9 Å². The number of aryl methyl sites for hydroxylation is 6. The molecule has 0 spiro atoms. The minimum Gasteiger partial charge on any atom is -0.352 e. The molecule has 1 heterocycles. The van der Waals surface area contributed by atoms with Gasteiger partial charge in [0.2, 0.25) is 0 Å². The third kappa shape index (κ3) is 8.28. The van der Waals surface area contributed by atoms with E-state index in [9.17, 15) is 10.1 Å². The van der Waals surface area contributed by atoms with E-state index < -0.39 is 18.4 Å². The first-order valence-electron chi connectivity index (χ1n) is 13.2. The summed E-state index contributed by atoms with van der Waals surface area (Å²) in [6.07, 6.45) is -0.0737. The molecule has 0 amide bonds. The van der Waals surface area contributed by atoms with E-state index in [1.54, 1.807) is 10.7 Å². The van der Waals surface area contributed by atoms with Gasteiger partial charge in [-0.15, -0.1) is 0 Å². The molecular formula is C31H39Cl2N3O3Ru. The van der Waals surface area contributed by atoms with Crippen LogP contribution in [0.2, 0.25) is 0 Å². The van der Waals surface area contributed by atoms with Crippen molar-refractivity contribution in [1.82, 2.24) is 0 Å². The van der Waals surface area contributed by atoms with Crippen LogP contribution in [-0.2, 0) is 13.5 Å². The molecule has 3 aromatic rings. The van der Waals surface area contributed by atoms with Crippen molar-refractivity contribution in [2.45, 2.75) is 61.5 Å². The normalized spacial score (nSPS) is 13.2. The number of hydrogen-bond acceptors (Lipinski definition) is 5. The second-order valence-corrected chi connectivity index (χ2v) is 16.3. The Kier molecular flexibility index (Phi) is 11.2. The monoisotopic (exact) mass is 673 g/mol.